The van der Waals surface area contributed by atoms with E-state index in [9.17, 15) is 0 Å². The maximum atomic E-state index is 6.08. The molecular weight excluding hydrogens is 500 g/mol. The molecule has 2 heterocycles. The van der Waals surface area contributed by atoms with Crippen molar-refractivity contribution in [2.24, 2.45) is 5.73 Å². The lowest BCUT2D eigenvalue weighted by Gasteiger charge is -2.26. The van der Waals surface area contributed by atoms with Gasteiger partial charge in [0.05, 0.1) is 6.33 Å². The molecule has 1 aromatic carbocycles. The van der Waals surface area contributed by atoms with Crippen LogP contribution in [0.5, 0.6) is 0 Å². The largest absolute Gasteiger partial charge is 0.351 e. The quantitative estimate of drug-likeness (QED) is 0.358. The first-order chi connectivity index (χ1) is 16.0. The number of benzene rings is 1. The van der Waals surface area contributed by atoms with Gasteiger partial charge in [0, 0.05) is 30.2 Å². The number of anilines is 3. The minimum atomic E-state index is -1.65. The maximum absolute atomic E-state index is 6.08. The zero-order valence-electron chi connectivity index (χ0n) is 20.4. The summed E-state index contributed by atoms with van der Waals surface area (Å²) in [6.07, 6.45) is 5.95. The van der Waals surface area contributed by atoms with Crippen molar-refractivity contribution >= 4 is 69.6 Å². The van der Waals surface area contributed by atoms with E-state index in [0.717, 1.165) is 55.0 Å². The highest BCUT2D eigenvalue weighted by Crippen LogP contribution is 2.55. The average Bonchev–Trinajstić information content (AvgIpc) is 3.17. The van der Waals surface area contributed by atoms with Gasteiger partial charge < -0.3 is 20.9 Å². The molecular formula is C23H35N7P2S2. The van der Waals surface area contributed by atoms with E-state index in [4.69, 9.17) is 39.3 Å². The summed E-state index contributed by atoms with van der Waals surface area (Å²) in [4.78, 5) is 14.2. The van der Waals surface area contributed by atoms with Crippen LogP contribution in [-0.4, -0.2) is 57.5 Å². The molecule has 0 saturated heterocycles. The van der Waals surface area contributed by atoms with Crippen LogP contribution in [0.4, 0.5) is 17.5 Å². The van der Waals surface area contributed by atoms with E-state index in [1.165, 1.54) is 5.30 Å². The fraction of sp³-hybridized carbons (Fsp3) is 0.522. The molecule has 4 rings (SSSR count). The summed E-state index contributed by atoms with van der Waals surface area (Å²) in [6, 6.07) is 6.08. The van der Waals surface area contributed by atoms with Crippen LogP contribution in [0.25, 0.3) is 11.2 Å². The highest BCUT2D eigenvalue weighted by atomic mass is 32.5. The van der Waals surface area contributed by atoms with Crippen LogP contribution in [0.15, 0.2) is 30.6 Å². The van der Waals surface area contributed by atoms with Crippen molar-refractivity contribution in [2.45, 2.75) is 51.2 Å². The average molecular weight is 536 g/mol. The standard InChI is InChI=1S/C23H35N7P2S2/c1-5-30-14-25-20-21(28-23(29-22(20)30)27-18-8-6-16(24)7-9-18)26-17-10-12-19(13-11-17)32(4,34)15-31(2,3)33/h10-14,16,18H,5-9,15,24H2,1-4H3,(H2,26,27,28,29). The molecule has 1 atom stereocenters. The first-order valence-electron chi connectivity index (χ1n) is 11.8. The van der Waals surface area contributed by atoms with E-state index >= 15 is 0 Å². The van der Waals surface area contributed by atoms with Crippen LogP contribution >= 0.6 is 12.1 Å². The summed E-state index contributed by atoms with van der Waals surface area (Å²) >= 11 is 11.7. The Kier molecular flexibility index (Phi) is 7.80. The molecule has 184 valence electrons. The molecule has 1 saturated carbocycles. The van der Waals surface area contributed by atoms with Gasteiger partial charge in [-0.3, -0.25) is 0 Å². The van der Waals surface area contributed by atoms with Crippen molar-refractivity contribution in [3.8, 4) is 0 Å². The zero-order chi connectivity index (χ0) is 24.5. The molecule has 1 unspecified atom stereocenters. The Morgan fingerprint density at radius 3 is 2.35 bits per heavy atom. The van der Waals surface area contributed by atoms with Crippen LogP contribution in [-0.2, 0) is 30.2 Å². The van der Waals surface area contributed by atoms with Gasteiger partial charge in [-0.1, -0.05) is 35.7 Å². The van der Waals surface area contributed by atoms with Gasteiger partial charge in [-0.2, -0.15) is 9.97 Å². The summed E-state index contributed by atoms with van der Waals surface area (Å²) in [5, 5.41) is 8.24. The summed E-state index contributed by atoms with van der Waals surface area (Å²) < 4.78 is 2.04. The number of nitrogens with one attached hydrogen (secondary N) is 2. The molecule has 3 aromatic rings. The Morgan fingerprint density at radius 1 is 1.06 bits per heavy atom. The Balaban J connectivity index is 1.60. The van der Waals surface area contributed by atoms with E-state index in [-0.39, 0.29) is 0 Å². The second-order valence-electron chi connectivity index (χ2n) is 9.84. The second-order valence-corrected chi connectivity index (χ2v) is 22.2. The lowest BCUT2D eigenvalue weighted by molar-refractivity contribution is 0.410. The molecule has 0 aliphatic heterocycles. The van der Waals surface area contributed by atoms with Crippen LogP contribution in [0.1, 0.15) is 32.6 Å². The highest BCUT2D eigenvalue weighted by Gasteiger charge is 2.21. The van der Waals surface area contributed by atoms with Gasteiger partial charge in [0.1, 0.15) is 0 Å². The summed E-state index contributed by atoms with van der Waals surface area (Å²) in [5.41, 5.74) is 8.62. The zero-order valence-corrected chi connectivity index (χ0v) is 23.8. The Morgan fingerprint density at radius 2 is 1.74 bits per heavy atom. The molecule has 1 aliphatic carbocycles. The maximum Gasteiger partial charge on any atom is 0.227 e. The summed E-state index contributed by atoms with van der Waals surface area (Å²) in [5.74, 6) is 2.30. The van der Waals surface area contributed by atoms with E-state index in [1.807, 2.05) is 10.9 Å². The van der Waals surface area contributed by atoms with Crippen LogP contribution in [0, 0.1) is 0 Å². The molecule has 1 aliphatic rings. The molecule has 11 heteroatoms. The number of hydrogen-bond donors (Lipinski definition) is 3. The smallest absolute Gasteiger partial charge is 0.227 e. The van der Waals surface area contributed by atoms with Gasteiger partial charge in [0.25, 0.3) is 0 Å². The van der Waals surface area contributed by atoms with Gasteiger partial charge >= 0.3 is 0 Å². The molecule has 0 amide bonds. The highest BCUT2D eigenvalue weighted by molar-refractivity contribution is 8.26. The number of nitrogens with zero attached hydrogens (tertiary/aromatic N) is 4. The molecule has 0 radical (unpaired) electrons. The van der Waals surface area contributed by atoms with Crippen molar-refractivity contribution < 1.29 is 0 Å². The molecule has 0 spiro atoms. The molecule has 34 heavy (non-hydrogen) atoms. The minimum Gasteiger partial charge on any atom is -0.351 e. The van der Waals surface area contributed by atoms with E-state index in [0.29, 0.717) is 23.8 Å². The Labute approximate surface area is 212 Å². The van der Waals surface area contributed by atoms with Crippen LogP contribution in [0.2, 0.25) is 0 Å². The molecule has 4 N–H and O–H groups in total. The van der Waals surface area contributed by atoms with Crippen LogP contribution < -0.4 is 21.7 Å². The first kappa shape index (κ1) is 25.7. The normalized spacial score (nSPS) is 20.7. The first-order valence-corrected chi connectivity index (χ1v) is 19.1. The number of fused-ring (bicyclic) bond motifs is 1. The SMILES string of the molecule is CCn1cnc2c(Nc3ccc(P(C)(=S)CP(C)(C)=S)cc3)nc(NC3CCC(N)CC3)nc21. The predicted octanol–water partition coefficient (Wildman–Crippen LogP) is 4.70. The van der Waals surface area contributed by atoms with Gasteiger partial charge in [-0.05, 0) is 82.1 Å². The van der Waals surface area contributed by atoms with Crippen molar-refractivity contribution in [2.75, 3.05) is 36.5 Å². The minimum absolute atomic E-state index is 0.307. The van der Waals surface area contributed by atoms with E-state index in [2.05, 4.69) is 66.8 Å². The van der Waals surface area contributed by atoms with Gasteiger partial charge in [0.2, 0.25) is 5.95 Å². The Bertz CT molecular complexity index is 1240. The summed E-state index contributed by atoms with van der Waals surface area (Å²) in [7, 11) is 0. The van der Waals surface area contributed by atoms with E-state index in [1.54, 1.807) is 0 Å². The fourth-order valence-corrected chi connectivity index (χ4v) is 16.8. The lowest BCUT2D eigenvalue weighted by atomic mass is 9.92. The van der Waals surface area contributed by atoms with Gasteiger partial charge in [-0.15, -0.1) is 0 Å². The number of hydrogen-bond acceptors (Lipinski definition) is 8. The number of nitrogens with two attached hydrogens (primary N) is 1. The fourth-order valence-electron chi connectivity index (χ4n) is 4.50. The number of rotatable bonds is 8. The van der Waals surface area contributed by atoms with Crippen LogP contribution in [0.3, 0.4) is 0 Å². The second kappa shape index (κ2) is 10.3. The third-order valence-corrected chi connectivity index (χ3v) is 15.2. The van der Waals surface area contributed by atoms with Crippen molar-refractivity contribution in [1.82, 2.24) is 19.5 Å². The third-order valence-electron chi connectivity index (χ3n) is 6.20. The van der Waals surface area contributed by atoms with E-state index < -0.39 is 12.1 Å². The monoisotopic (exact) mass is 535 g/mol. The number of imidazole rings is 1. The molecule has 1 fully saturated rings. The predicted molar refractivity (Wildman–Crippen MR) is 155 cm³/mol. The third kappa shape index (κ3) is 6.24. The number of aryl methyl sites for hydroxylation is 1. The molecule has 0 bridgehead atoms. The lowest BCUT2D eigenvalue weighted by Crippen LogP contribution is -2.33. The number of aromatic nitrogens is 4. The Hall–Kier alpha value is -1.37. The topological polar surface area (TPSA) is 93.7 Å². The van der Waals surface area contributed by atoms with Crippen molar-refractivity contribution in [3.05, 3.63) is 30.6 Å². The molecule has 2 aromatic heterocycles. The molecule has 7 nitrogen and oxygen atoms in total. The summed E-state index contributed by atoms with van der Waals surface area (Å²) in [6.45, 7) is 9.46. The van der Waals surface area contributed by atoms with Crippen molar-refractivity contribution in [3.63, 3.8) is 0 Å². The van der Waals surface area contributed by atoms with Gasteiger partial charge in [-0.25, -0.2) is 4.98 Å². The van der Waals surface area contributed by atoms with Crippen molar-refractivity contribution in [1.29, 1.82) is 0 Å². The van der Waals surface area contributed by atoms with Gasteiger partial charge in [0.15, 0.2) is 17.0 Å².